The van der Waals surface area contributed by atoms with Crippen LogP contribution in [-0.4, -0.2) is 13.1 Å². The zero-order chi connectivity index (χ0) is 11.9. The molecule has 1 N–H and O–H groups in total. The number of likely N-dealkylation sites (N-methyl/N-ethyl adjacent to an activating group) is 1. The van der Waals surface area contributed by atoms with Gasteiger partial charge in [0.25, 0.3) is 0 Å². The average Bonchev–Trinajstić information content (AvgIpc) is 2.97. The molecule has 1 unspecified atom stereocenters. The van der Waals surface area contributed by atoms with Crippen LogP contribution in [-0.2, 0) is 6.42 Å². The van der Waals surface area contributed by atoms with Gasteiger partial charge in [-0.3, -0.25) is 0 Å². The Hall–Kier alpha value is -0.860. The van der Waals surface area contributed by atoms with Crippen LogP contribution < -0.4 is 5.32 Å². The molecule has 90 valence electrons. The zero-order valence-electron chi connectivity index (χ0n) is 10.5. The first-order chi connectivity index (χ1) is 8.23. The highest BCUT2D eigenvalue weighted by Crippen LogP contribution is 2.49. The Balaban J connectivity index is 1.89. The van der Waals surface area contributed by atoms with Crippen LogP contribution in [0.1, 0.15) is 25.3 Å². The Morgan fingerprint density at radius 2 is 2.12 bits per heavy atom. The highest BCUT2D eigenvalue weighted by molar-refractivity contribution is 7.17. The van der Waals surface area contributed by atoms with E-state index in [2.05, 4.69) is 48.9 Å². The molecule has 0 spiro atoms. The summed E-state index contributed by atoms with van der Waals surface area (Å²) in [6.45, 7) is 2.41. The van der Waals surface area contributed by atoms with E-state index >= 15 is 0 Å². The van der Waals surface area contributed by atoms with Gasteiger partial charge in [0, 0.05) is 10.7 Å². The topological polar surface area (TPSA) is 12.0 Å². The standard InChI is InChI=1S/C15H19NS/c1-15(7-8-15)14(16-2)9-11-10-17-13-6-4-3-5-12(11)13/h3-6,10,14,16H,7-9H2,1-2H3. The van der Waals surface area contributed by atoms with Crippen LogP contribution in [0.5, 0.6) is 0 Å². The van der Waals surface area contributed by atoms with Crippen LogP contribution in [0.15, 0.2) is 29.6 Å². The fraction of sp³-hybridized carbons (Fsp3) is 0.467. The molecule has 1 heterocycles. The van der Waals surface area contributed by atoms with Crippen LogP contribution in [0.4, 0.5) is 0 Å². The van der Waals surface area contributed by atoms with Crippen molar-refractivity contribution < 1.29 is 0 Å². The van der Waals surface area contributed by atoms with Crippen molar-refractivity contribution in [2.45, 2.75) is 32.2 Å². The minimum atomic E-state index is 0.539. The van der Waals surface area contributed by atoms with Gasteiger partial charge in [-0.05, 0) is 54.1 Å². The molecule has 17 heavy (non-hydrogen) atoms. The van der Waals surface area contributed by atoms with E-state index in [-0.39, 0.29) is 0 Å². The van der Waals surface area contributed by atoms with Gasteiger partial charge in [0.15, 0.2) is 0 Å². The number of benzene rings is 1. The van der Waals surface area contributed by atoms with E-state index in [9.17, 15) is 0 Å². The van der Waals surface area contributed by atoms with E-state index in [0.29, 0.717) is 11.5 Å². The third kappa shape index (κ3) is 2.00. The van der Waals surface area contributed by atoms with E-state index in [0.717, 1.165) is 6.42 Å². The van der Waals surface area contributed by atoms with Crippen LogP contribution in [0, 0.1) is 5.41 Å². The summed E-state index contributed by atoms with van der Waals surface area (Å²) in [7, 11) is 2.10. The Labute approximate surface area is 107 Å². The Morgan fingerprint density at radius 1 is 1.35 bits per heavy atom. The summed E-state index contributed by atoms with van der Waals surface area (Å²) in [6, 6.07) is 9.37. The van der Waals surface area contributed by atoms with Crippen LogP contribution in [0.25, 0.3) is 10.1 Å². The number of rotatable bonds is 4. The molecule has 1 aliphatic rings. The molecule has 0 radical (unpaired) electrons. The second-order valence-corrected chi connectivity index (χ2v) is 6.37. The van der Waals surface area contributed by atoms with E-state index in [4.69, 9.17) is 0 Å². The third-order valence-electron chi connectivity index (χ3n) is 4.21. The van der Waals surface area contributed by atoms with Crippen molar-refractivity contribution >= 4 is 21.4 Å². The van der Waals surface area contributed by atoms with Crippen molar-refractivity contribution in [3.63, 3.8) is 0 Å². The largest absolute Gasteiger partial charge is 0.316 e. The van der Waals surface area contributed by atoms with Gasteiger partial charge in [0.05, 0.1) is 0 Å². The first-order valence-corrected chi connectivity index (χ1v) is 7.23. The second kappa shape index (κ2) is 4.11. The lowest BCUT2D eigenvalue weighted by Gasteiger charge is -2.22. The first kappa shape index (κ1) is 11.2. The molecule has 1 aromatic carbocycles. The molecule has 2 heteroatoms. The minimum absolute atomic E-state index is 0.539. The highest BCUT2D eigenvalue weighted by atomic mass is 32.1. The molecule has 0 aliphatic heterocycles. The molecule has 0 amide bonds. The Kier molecular flexibility index (Phi) is 2.72. The molecule has 3 rings (SSSR count). The van der Waals surface area contributed by atoms with Crippen molar-refractivity contribution in [2.75, 3.05) is 7.05 Å². The molecule has 1 atom stereocenters. The summed E-state index contributed by atoms with van der Waals surface area (Å²) >= 11 is 1.87. The van der Waals surface area contributed by atoms with Gasteiger partial charge in [-0.25, -0.2) is 0 Å². The van der Waals surface area contributed by atoms with Crippen LogP contribution in [0.3, 0.4) is 0 Å². The Bertz CT molecular complexity index is 524. The van der Waals surface area contributed by atoms with Crippen molar-refractivity contribution in [1.82, 2.24) is 5.32 Å². The molecule has 1 aliphatic carbocycles. The van der Waals surface area contributed by atoms with Gasteiger partial charge in [-0.1, -0.05) is 25.1 Å². The van der Waals surface area contributed by atoms with Gasteiger partial charge < -0.3 is 5.32 Å². The molecule has 1 fully saturated rings. The Morgan fingerprint density at radius 3 is 2.82 bits per heavy atom. The minimum Gasteiger partial charge on any atom is -0.316 e. The second-order valence-electron chi connectivity index (χ2n) is 5.46. The van der Waals surface area contributed by atoms with E-state index in [1.807, 2.05) is 11.3 Å². The lowest BCUT2D eigenvalue weighted by molar-refractivity contribution is 0.377. The fourth-order valence-corrected chi connectivity index (χ4v) is 3.63. The van der Waals surface area contributed by atoms with Crippen LogP contribution >= 0.6 is 11.3 Å². The number of nitrogens with one attached hydrogen (secondary N) is 1. The summed E-state index contributed by atoms with van der Waals surface area (Å²) < 4.78 is 1.42. The normalized spacial score (nSPS) is 19.4. The highest BCUT2D eigenvalue weighted by Gasteiger charge is 2.44. The van der Waals surface area contributed by atoms with Gasteiger partial charge >= 0.3 is 0 Å². The van der Waals surface area contributed by atoms with Gasteiger partial charge in [0.1, 0.15) is 0 Å². The number of hydrogen-bond acceptors (Lipinski definition) is 2. The average molecular weight is 245 g/mol. The lowest BCUT2D eigenvalue weighted by atomic mass is 9.92. The van der Waals surface area contributed by atoms with Crippen LogP contribution in [0.2, 0.25) is 0 Å². The summed E-state index contributed by atoms with van der Waals surface area (Å²) in [5.41, 5.74) is 2.05. The molecule has 1 saturated carbocycles. The van der Waals surface area contributed by atoms with Gasteiger partial charge in [0.2, 0.25) is 0 Å². The smallest absolute Gasteiger partial charge is 0.0345 e. The third-order valence-corrected chi connectivity index (χ3v) is 5.23. The predicted molar refractivity (Wildman–Crippen MR) is 75.7 cm³/mol. The summed E-state index contributed by atoms with van der Waals surface area (Å²) in [5, 5.41) is 7.29. The summed E-state index contributed by atoms with van der Waals surface area (Å²) in [4.78, 5) is 0. The molecular weight excluding hydrogens is 226 g/mol. The van der Waals surface area contributed by atoms with E-state index in [1.165, 1.54) is 28.5 Å². The molecule has 0 bridgehead atoms. The molecule has 1 aromatic heterocycles. The molecule has 1 nitrogen and oxygen atoms in total. The van der Waals surface area contributed by atoms with E-state index < -0.39 is 0 Å². The van der Waals surface area contributed by atoms with E-state index in [1.54, 1.807) is 0 Å². The number of thiophene rings is 1. The predicted octanol–water partition coefficient (Wildman–Crippen LogP) is 3.83. The monoisotopic (exact) mass is 245 g/mol. The molecule has 2 aromatic rings. The number of fused-ring (bicyclic) bond motifs is 1. The number of hydrogen-bond donors (Lipinski definition) is 1. The van der Waals surface area contributed by atoms with Gasteiger partial charge in [-0.2, -0.15) is 0 Å². The van der Waals surface area contributed by atoms with Gasteiger partial charge in [-0.15, -0.1) is 11.3 Å². The quantitative estimate of drug-likeness (QED) is 0.863. The maximum Gasteiger partial charge on any atom is 0.0345 e. The lowest BCUT2D eigenvalue weighted by Crippen LogP contribution is -2.35. The summed E-state index contributed by atoms with van der Waals surface area (Å²) in [5.74, 6) is 0. The molecular formula is C15H19NS. The summed E-state index contributed by atoms with van der Waals surface area (Å²) in [6.07, 6.45) is 3.91. The van der Waals surface area contributed by atoms with Crippen molar-refractivity contribution in [1.29, 1.82) is 0 Å². The maximum atomic E-state index is 3.51. The van der Waals surface area contributed by atoms with Crippen molar-refractivity contribution in [3.05, 3.63) is 35.2 Å². The molecule has 0 saturated heterocycles. The first-order valence-electron chi connectivity index (χ1n) is 6.35. The zero-order valence-corrected chi connectivity index (χ0v) is 11.3. The van der Waals surface area contributed by atoms with Crippen molar-refractivity contribution in [3.8, 4) is 0 Å². The fourth-order valence-electron chi connectivity index (χ4n) is 2.65. The van der Waals surface area contributed by atoms with Crippen molar-refractivity contribution in [2.24, 2.45) is 5.41 Å². The SMILES string of the molecule is CNC(Cc1csc2ccccc12)C1(C)CC1. The maximum absolute atomic E-state index is 3.51.